The van der Waals surface area contributed by atoms with Gasteiger partial charge in [-0.1, -0.05) is 25.4 Å². The second-order valence-corrected chi connectivity index (χ2v) is 5.00. The van der Waals surface area contributed by atoms with E-state index in [1.54, 1.807) is 19.2 Å². The highest BCUT2D eigenvalue weighted by molar-refractivity contribution is 6.30. The molecule has 1 aromatic carbocycles. The molecule has 0 radical (unpaired) electrons. The topological polar surface area (TPSA) is 37.8 Å². The van der Waals surface area contributed by atoms with Crippen molar-refractivity contribution in [2.24, 2.45) is 0 Å². The third-order valence-electron chi connectivity index (χ3n) is 2.67. The highest BCUT2D eigenvalue weighted by Crippen LogP contribution is 2.25. The number of hydrogen-bond acceptors (Lipinski definition) is 3. The Morgan fingerprint density at radius 1 is 1.16 bits per heavy atom. The summed E-state index contributed by atoms with van der Waals surface area (Å²) >= 11 is 5.88. The van der Waals surface area contributed by atoms with Crippen LogP contribution in [0.15, 0.2) is 24.3 Å². The molecule has 0 atom stereocenters. The maximum atomic E-state index is 13.4. The largest absolute Gasteiger partial charge is 0.373 e. The summed E-state index contributed by atoms with van der Waals surface area (Å²) in [6.07, 6.45) is 0. The van der Waals surface area contributed by atoms with Crippen LogP contribution in [0.25, 0.3) is 11.3 Å². The molecule has 0 spiro atoms. The summed E-state index contributed by atoms with van der Waals surface area (Å²) in [6.45, 7) is 4.02. The van der Waals surface area contributed by atoms with Crippen molar-refractivity contribution in [2.45, 2.75) is 19.8 Å². The van der Waals surface area contributed by atoms with Gasteiger partial charge >= 0.3 is 0 Å². The Labute approximate surface area is 116 Å². The lowest BCUT2D eigenvalue weighted by molar-refractivity contribution is 0.628. The van der Waals surface area contributed by atoms with Gasteiger partial charge in [0.2, 0.25) is 0 Å². The summed E-state index contributed by atoms with van der Waals surface area (Å²) in [5.41, 5.74) is 1.30. The first-order valence-corrected chi connectivity index (χ1v) is 6.40. The minimum Gasteiger partial charge on any atom is -0.373 e. The molecule has 3 nitrogen and oxygen atoms in total. The molecule has 1 N–H and O–H groups in total. The molecule has 0 aliphatic rings. The SMILES string of the molecule is CNc1cc(-c2cc(F)cc(Cl)c2)nc(C(C)C)n1. The zero-order valence-corrected chi connectivity index (χ0v) is 11.8. The molecule has 100 valence electrons. The number of halogens is 2. The van der Waals surface area contributed by atoms with E-state index >= 15 is 0 Å². The number of hydrogen-bond donors (Lipinski definition) is 1. The van der Waals surface area contributed by atoms with Crippen LogP contribution >= 0.6 is 11.6 Å². The van der Waals surface area contributed by atoms with Gasteiger partial charge in [0.1, 0.15) is 17.5 Å². The average Bonchev–Trinajstić information content (AvgIpc) is 2.37. The fourth-order valence-electron chi connectivity index (χ4n) is 1.70. The molecule has 2 aromatic rings. The number of nitrogens with zero attached hydrogens (tertiary/aromatic N) is 2. The summed E-state index contributed by atoms with van der Waals surface area (Å²) in [7, 11) is 1.79. The van der Waals surface area contributed by atoms with Crippen LogP contribution in [0.3, 0.4) is 0 Å². The quantitative estimate of drug-likeness (QED) is 0.919. The molecule has 0 aliphatic carbocycles. The number of nitrogens with one attached hydrogen (secondary N) is 1. The lowest BCUT2D eigenvalue weighted by Crippen LogP contribution is -2.03. The van der Waals surface area contributed by atoms with Gasteiger partial charge in [0, 0.05) is 29.6 Å². The molecule has 19 heavy (non-hydrogen) atoms. The van der Waals surface area contributed by atoms with Gasteiger partial charge in [-0.25, -0.2) is 14.4 Å². The van der Waals surface area contributed by atoms with Crippen molar-refractivity contribution in [1.29, 1.82) is 0 Å². The molecule has 0 amide bonds. The molecule has 0 fully saturated rings. The predicted molar refractivity (Wildman–Crippen MR) is 76.1 cm³/mol. The second kappa shape index (κ2) is 5.53. The van der Waals surface area contributed by atoms with E-state index in [0.717, 1.165) is 0 Å². The molecule has 0 saturated heterocycles. The first kappa shape index (κ1) is 13.7. The molecule has 1 aromatic heterocycles. The number of rotatable bonds is 3. The van der Waals surface area contributed by atoms with Gasteiger partial charge in [0.05, 0.1) is 5.69 Å². The second-order valence-electron chi connectivity index (χ2n) is 4.56. The fraction of sp³-hybridized carbons (Fsp3) is 0.286. The van der Waals surface area contributed by atoms with Crippen LogP contribution < -0.4 is 5.32 Å². The Hall–Kier alpha value is -1.68. The summed E-state index contributed by atoms with van der Waals surface area (Å²) in [5, 5.41) is 3.34. The van der Waals surface area contributed by atoms with Crippen LogP contribution in [-0.4, -0.2) is 17.0 Å². The summed E-state index contributed by atoms with van der Waals surface area (Å²) in [6, 6.07) is 6.15. The Kier molecular flexibility index (Phi) is 4.00. The standard InChI is InChI=1S/C14H15ClFN3/c1-8(2)14-18-12(7-13(17-3)19-14)9-4-10(15)6-11(16)5-9/h4-8H,1-3H3,(H,17,18,19). The van der Waals surface area contributed by atoms with Crippen LogP contribution in [0.5, 0.6) is 0 Å². The Morgan fingerprint density at radius 3 is 2.47 bits per heavy atom. The van der Waals surface area contributed by atoms with Gasteiger partial charge in [-0.15, -0.1) is 0 Å². The van der Waals surface area contributed by atoms with Gasteiger partial charge in [0.25, 0.3) is 0 Å². The maximum Gasteiger partial charge on any atom is 0.133 e. The minimum atomic E-state index is -0.377. The zero-order valence-electron chi connectivity index (χ0n) is 11.0. The predicted octanol–water partition coefficient (Wildman–Crippen LogP) is 4.10. The third kappa shape index (κ3) is 3.20. The van der Waals surface area contributed by atoms with Crippen LogP contribution in [0.4, 0.5) is 10.2 Å². The molecule has 0 bridgehead atoms. The van der Waals surface area contributed by atoms with Crippen LogP contribution in [-0.2, 0) is 0 Å². The first-order chi connectivity index (χ1) is 8.99. The molecule has 0 saturated carbocycles. The normalized spacial score (nSPS) is 10.8. The molecule has 2 rings (SSSR count). The molecule has 1 heterocycles. The van der Waals surface area contributed by atoms with E-state index in [1.807, 2.05) is 13.8 Å². The smallest absolute Gasteiger partial charge is 0.133 e. The summed E-state index contributed by atoms with van der Waals surface area (Å²) < 4.78 is 13.4. The Morgan fingerprint density at radius 2 is 1.89 bits per heavy atom. The molecular formula is C14H15ClFN3. The lowest BCUT2D eigenvalue weighted by atomic mass is 10.1. The molecular weight excluding hydrogens is 265 g/mol. The third-order valence-corrected chi connectivity index (χ3v) is 2.89. The van der Waals surface area contributed by atoms with E-state index in [-0.39, 0.29) is 11.7 Å². The number of benzene rings is 1. The van der Waals surface area contributed by atoms with Gasteiger partial charge in [-0.05, 0) is 18.2 Å². The van der Waals surface area contributed by atoms with Gasteiger partial charge in [-0.3, -0.25) is 0 Å². The van der Waals surface area contributed by atoms with Crippen molar-refractivity contribution in [3.05, 3.63) is 40.9 Å². The van der Waals surface area contributed by atoms with E-state index in [9.17, 15) is 4.39 Å². The Bertz CT molecular complexity index is 579. The van der Waals surface area contributed by atoms with Crippen molar-refractivity contribution >= 4 is 17.4 Å². The average molecular weight is 280 g/mol. The van der Waals surface area contributed by atoms with Gasteiger partial charge < -0.3 is 5.32 Å². The molecule has 0 aliphatic heterocycles. The maximum absolute atomic E-state index is 13.4. The highest BCUT2D eigenvalue weighted by Gasteiger charge is 2.10. The Balaban J connectivity index is 2.57. The van der Waals surface area contributed by atoms with Crippen LogP contribution in [0.1, 0.15) is 25.6 Å². The summed E-state index contributed by atoms with van der Waals surface area (Å²) in [4.78, 5) is 8.83. The van der Waals surface area contributed by atoms with Gasteiger partial charge in [-0.2, -0.15) is 0 Å². The number of aromatic nitrogens is 2. The van der Waals surface area contributed by atoms with Crippen molar-refractivity contribution in [1.82, 2.24) is 9.97 Å². The minimum absolute atomic E-state index is 0.191. The van der Waals surface area contributed by atoms with Crippen molar-refractivity contribution in [3.63, 3.8) is 0 Å². The lowest BCUT2D eigenvalue weighted by Gasteiger charge is -2.10. The fourth-order valence-corrected chi connectivity index (χ4v) is 1.92. The van der Waals surface area contributed by atoms with E-state index in [4.69, 9.17) is 11.6 Å². The monoisotopic (exact) mass is 279 g/mol. The first-order valence-electron chi connectivity index (χ1n) is 6.03. The number of anilines is 1. The van der Waals surface area contributed by atoms with Crippen molar-refractivity contribution in [3.8, 4) is 11.3 Å². The van der Waals surface area contributed by atoms with E-state index < -0.39 is 0 Å². The summed E-state index contributed by atoms with van der Waals surface area (Å²) in [5.74, 6) is 1.23. The van der Waals surface area contributed by atoms with Crippen LogP contribution in [0, 0.1) is 5.82 Å². The molecule has 0 unspecified atom stereocenters. The van der Waals surface area contributed by atoms with E-state index in [2.05, 4.69) is 15.3 Å². The highest BCUT2D eigenvalue weighted by atomic mass is 35.5. The van der Waals surface area contributed by atoms with Crippen LogP contribution in [0.2, 0.25) is 5.02 Å². The zero-order chi connectivity index (χ0) is 14.0. The van der Waals surface area contributed by atoms with Gasteiger partial charge in [0.15, 0.2) is 0 Å². The van der Waals surface area contributed by atoms with E-state index in [1.165, 1.54) is 12.1 Å². The molecule has 5 heteroatoms. The van der Waals surface area contributed by atoms with Crippen molar-refractivity contribution < 1.29 is 4.39 Å². The van der Waals surface area contributed by atoms with Crippen molar-refractivity contribution in [2.75, 3.05) is 12.4 Å². The van der Waals surface area contributed by atoms with E-state index in [0.29, 0.717) is 27.9 Å².